The lowest BCUT2D eigenvalue weighted by molar-refractivity contribution is -0.0333. The van der Waals surface area contributed by atoms with Crippen molar-refractivity contribution in [2.24, 2.45) is 0 Å². The zero-order valence-electron chi connectivity index (χ0n) is 13.5. The molecular formula is C19H29NO. The highest BCUT2D eigenvalue weighted by atomic mass is 16.3. The van der Waals surface area contributed by atoms with Crippen molar-refractivity contribution >= 4 is 0 Å². The summed E-state index contributed by atoms with van der Waals surface area (Å²) in [7, 11) is 0. The number of hydrogen-bond acceptors (Lipinski definition) is 2. The van der Waals surface area contributed by atoms with E-state index in [0.717, 1.165) is 25.9 Å². The van der Waals surface area contributed by atoms with E-state index in [0.29, 0.717) is 5.92 Å². The van der Waals surface area contributed by atoms with Gasteiger partial charge in [0.25, 0.3) is 0 Å². The average molecular weight is 287 g/mol. The van der Waals surface area contributed by atoms with Crippen LogP contribution in [0, 0.1) is 0 Å². The summed E-state index contributed by atoms with van der Waals surface area (Å²) in [6, 6.07) is 8.73. The number of fused-ring (bicyclic) bond motifs is 1. The average Bonchev–Trinajstić information content (AvgIpc) is 2.97. The molecule has 2 heteroatoms. The molecule has 1 aromatic rings. The first-order chi connectivity index (χ1) is 10.2. The van der Waals surface area contributed by atoms with Gasteiger partial charge in [-0.3, -0.25) is 4.90 Å². The molecular weight excluding hydrogens is 258 g/mol. The predicted octanol–water partition coefficient (Wildman–Crippen LogP) is 3.73. The first-order valence-corrected chi connectivity index (χ1v) is 8.72. The molecule has 0 radical (unpaired) electrons. The van der Waals surface area contributed by atoms with Crippen molar-refractivity contribution in [3.63, 3.8) is 0 Å². The minimum atomic E-state index is -0.182. The summed E-state index contributed by atoms with van der Waals surface area (Å²) >= 11 is 0. The van der Waals surface area contributed by atoms with Crippen LogP contribution in [0.2, 0.25) is 0 Å². The molecule has 1 aromatic carbocycles. The summed E-state index contributed by atoms with van der Waals surface area (Å²) in [4.78, 5) is 2.52. The minimum absolute atomic E-state index is 0.0496. The Balaban J connectivity index is 1.73. The molecule has 3 rings (SSSR count). The van der Waals surface area contributed by atoms with Gasteiger partial charge in [0.15, 0.2) is 0 Å². The van der Waals surface area contributed by atoms with Crippen LogP contribution in [0.5, 0.6) is 0 Å². The Bertz CT molecular complexity index is 474. The Morgan fingerprint density at radius 3 is 2.48 bits per heavy atom. The summed E-state index contributed by atoms with van der Waals surface area (Å²) in [5, 5.41) is 11.1. The third-order valence-corrected chi connectivity index (χ3v) is 5.95. The van der Waals surface area contributed by atoms with Crippen LogP contribution in [-0.2, 0) is 6.42 Å². The quantitative estimate of drug-likeness (QED) is 0.861. The van der Waals surface area contributed by atoms with Crippen LogP contribution in [0.4, 0.5) is 0 Å². The van der Waals surface area contributed by atoms with Gasteiger partial charge in [0.2, 0.25) is 0 Å². The summed E-state index contributed by atoms with van der Waals surface area (Å²) in [5.74, 6) is 0.573. The number of hydrogen-bond donors (Lipinski definition) is 1. The molecule has 1 fully saturated rings. The first-order valence-electron chi connectivity index (χ1n) is 8.72. The number of aliphatic hydroxyl groups excluding tert-OH is 1. The van der Waals surface area contributed by atoms with Gasteiger partial charge in [-0.05, 0) is 55.8 Å². The maximum atomic E-state index is 11.1. The lowest BCUT2D eigenvalue weighted by Gasteiger charge is -2.46. The summed E-state index contributed by atoms with van der Waals surface area (Å²) in [6.07, 6.45) is 6.80. The highest BCUT2D eigenvalue weighted by Crippen LogP contribution is 2.44. The Morgan fingerprint density at radius 2 is 1.86 bits per heavy atom. The van der Waals surface area contributed by atoms with Gasteiger partial charge in [-0.15, -0.1) is 0 Å². The van der Waals surface area contributed by atoms with Crippen LogP contribution in [0.15, 0.2) is 24.3 Å². The van der Waals surface area contributed by atoms with Crippen LogP contribution in [-0.4, -0.2) is 34.7 Å². The fraction of sp³-hybridized carbons (Fsp3) is 0.684. The molecule has 2 aliphatic rings. The predicted molar refractivity (Wildman–Crippen MR) is 87.6 cm³/mol. The van der Waals surface area contributed by atoms with E-state index in [4.69, 9.17) is 0 Å². The van der Waals surface area contributed by atoms with Crippen molar-refractivity contribution in [2.75, 3.05) is 13.1 Å². The Kier molecular flexibility index (Phi) is 4.37. The molecule has 0 heterocycles. The third-order valence-electron chi connectivity index (χ3n) is 5.95. The summed E-state index contributed by atoms with van der Waals surface area (Å²) in [5.41, 5.74) is 3.01. The molecule has 21 heavy (non-hydrogen) atoms. The monoisotopic (exact) mass is 287 g/mol. The number of likely N-dealkylation sites (N-methyl/N-ethyl adjacent to an activating group) is 1. The van der Waals surface area contributed by atoms with Gasteiger partial charge in [0, 0.05) is 5.54 Å². The third kappa shape index (κ3) is 2.53. The van der Waals surface area contributed by atoms with Crippen LogP contribution >= 0.6 is 0 Å². The number of nitrogens with zero attached hydrogens (tertiary/aromatic N) is 1. The van der Waals surface area contributed by atoms with Crippen LogP contribution in [0.25, 0.3) is 0 Å². The van der Waals surface area contributed by atoms with Gasteiger partial charge < -0.3 is 5.11 Å². The molecule has 2 aliphatic carbocycles. The molecule has 0 bridgehead atoms. The molecule has 1 saturated carbocycles. The molecule has 0 spiro atoms. The van der Waals surface area contributed by atoms with E-state index in [2.05, 4.69) is 43.0 Å². The second-order valence-corrected chi connectivity index (χ2v) is 6.83. The van der Waals surface area contributed by atoms with Crippen molar-refractivity contribution < 1.29 is 5.11 Å². The van der Waals surface area contributed by atoms with Crippen molar-refractivity contribution in [3.8, 4) is 0 Å². The molecule has 0 saturated heterocycles. The van der Waals surface area contributed by atoms with Gasteiger partial charge in [-0.2, -0.15) is 0 Å². The number of benzene rings is 1. The molecule has 0 amide bonds. The SMILES string of the molecule is CCN(CC)C1(C(O)CC2Cc3ccccc32)CCCC1. The Hall–Kier alpha value is -0.860. The van der Waals surface area contributed by atoms with Gasteiger partial charge in [0.05, 0.1) is 6.10 Å². The molecule has 116 valence electrons. The van der Waals surface area contributed by atoms with E-state index in [1.54, 1.807) is 0 Å². The fourth-order valence-corrected chi connectivity index (χ4v) is 4.76. The largest absolute Gasteiger partial charge is 0.391 e. The molecule has 2 nitrogen and oxygen atoms in total. The smallest absolute Gasteiger partial charge is 0.0729 e. The van der Waals surface area contributed by atoms with Crippen LogP contribution in [0.1, 0.15) is 63.0 Å². The standard InChI is InChI=1S/C19H29NO/c1-3-20(4-2)19(11-7-8-12-19)18(21)14-16-13-15-9-5-6-10-17(15)16/h5-6,9-10,16,18,21H,3-4,7-8,11-14H2,1-2H3. The van der Waals surface area contributed by atoms with E-state index in [1.807, 2.05) is 0 Å². The second-order valence-electron chi connectivity index (χ2n) is 6.83. The highest BCUT2D eigenvalue weighted by Gasteiger charge is 2.45. The zero-order chi connectivity index (χ0) is 14.9. The van der Waals surface area contributed by atoms with Crippen LogP contribution < -0.4 is 0 Å². The minimum Gasteiger partial charge on any atom is -0.391 e. The Labute approximate surface area is 129 Å². The van der Waals surface area contributed by atoms with Crippen molar-refractivity contribution in [1.29, 1.82) is 0 Å². The van der Waals surface area contributed by atoms with E-state index >= 15 is 0 Å². The fourth-order valence-electron chi connectivity index (χ4n) is 4.76. The normalized spacial score (nSPS) is 24.7. The van der Waals surface area contributed by atoms with Gasteiger partial charge >= 0.3 is 0 Å². The first kappa shape index (κ1) is 15.1. The topological polar surface area (TPSA) is 23.5 Å². The van der Waals surface area contributed by atoms with E-state index in [-0.39, 0.29) is 11.6 Å². The van der Waals surface area contributed by atoms with Crippen molar-refractivity contribution in [1.82, 2.24) is 4.90 Å². The lowest BCUT2D eigenvalue weighted by atomic mass is 9.72. The van der Waals surface area contributed by atoms with E-state index in [9.17, 15) is 5.11 Å². The van der Waals surface area contributed by atoms with E-state index in [1.165, 1.54) is 36.8 Å². The second kappa shape index (κ2) is 6.10. The van der Waals surface area contributed by atoms with Crippen LogP contribution in [0.3, 0.4) is 0 Å². The lowest BCUT2D eigenvalue weighted by Crippen LogP contribution is -2.55. The summed E-state index contributed by atoms with van der Waals surface area (Å²) < 4.78 is 0. The molecule has 0 aromatic heterocycles. The van der Waals surface area contributed by atoms with Gasteiger partial charge in [-0.1, -0.05) is 51.0 Å². The highest BCUT2D eigenvalue weighted by molar-refractivity contribution is 5.40. The molecule has 0 aliphatic heterocycles. The van der Waals surface area contributed by atoms with Gasteiger partial charge in [-0.25, -0.2) is 0 Å². The van der Waals surface area contributed by atoms with Crippen molar-refractivity contribution in [2.45, 2.75) is 69.9 Å². The molecule has 1 N–H and O–H groups in total. The zero-order valence-corrected chi connectivity index (χ0v) is 13.5. The van der Waals surface area contributed by atoms with Crippen molar-refractivity contribution in [3.05, 3.63) is 35.4 Å². The maximum Gasteiger partial charge on any atom is 0.0729 e. The number of rotatable bonds is 6. The van der Waals surface area contributed by atoms with Gasteiger partial charge in [0.1, 0.15) is 0 Å². The molecule has 2 unspecified atom stereocenters. The van der Waals surface area contributed by atoms with E-state index < -0.39 is 0 Å². The molecule has 2 atom stereocenters. The maximum absolute atomic E-state index is 11.1. The Morgan fingerprint density at radius 1 is 1.19 bits per heavy atom. The summed E-state index contributed by atoms with van der Waals surface area (Å²) in [6.45, 7) is 6.56. The number of aliphatic hydroxyl groups is 1.